The maximum Gasteiger partial charge on any atom is 0.490 e. The lowest BCUT2D eigenvalue weighted by Gasteiger charge is -2.21. The molecule has 76 valence electrons. The van der Waals surface area contributed by atoms with Gasteiger partial charge in [0.1, 0.15) is 0 Å². The molecule has 0 aromatic heterocycles. The van der Waals surface area contributed by atoms with Gasteiger partial charge in [0.2, 0.25) is 0 Å². The fourth-order valence-corrected chi connectivity index (χ4v) is 1.72. The summed E-state index contributed by atoms with van der Waals surface area (Å²) in [5.74, 6) is 0.185. The summed E-state index contributed by atoms with van der Waals surface area (Å²) in [5, 5.41) is 0. The zero-order valence-corrected chi connectivity index (χ0v) is 8.87. The van der Waals surface area contributed by atoms with Crippen LogP contribution in [0.5, 0.6) is 0 Å². The molecule has 2 rings (SSSR count). The topological polar surface area (TPSA) is 35.5 Å². The van der Waals surface area contributed by atoms with E-state index < -0.39 is 0 Å². The Morgan fingerprint density at radius 3 is 2.64 bits per heavy atom. The van der Waals surface area contributed by atoms with Crippen LogP contribution in [0.15, 0.2) is 11.5 Å². The molecule has 4 heteroatoms. The minimum atomic E-state index is -0.300. The second-order valence-electron chi connectivity index (χ2n) is 4.52. The Morgan fingerprint density at radius 1 is 1.50 bits per heavy atom. The zero-order valence-electron chi connectivity index (χ0n) is 8.87. The van der Waals surface area contributed by atoms with Crippen molar-refractivity contribution in [3.05, 3.63) is 11.5 Å². The summed E-state index contributed by atoms with van der Waals surface area (Å²) < 4.78 is 11.4. The zero-order chi connectivity index (χ0) is 10.3. The number of hydrogen-bond donors (Lipinski definition) is 0. The number of rotatable bonds is 1. The highest BCUT2D eigenvalue weighted by Gasteiger charge is 2.45. The molecule has 1 fully saturated rings. The Balaban J connectivity index is 2.09. The van der Waals surface area contributed by atoms with E-state index in [4.69, 9.17) is 9.31 Å². The van der Waals surface area contributed by atoms with Gasteiger partial charge in [0.15, 0.2) is 5.78 Å². The Kier molecular flexibility index (Phi) is 2.28. The van der Waals surface area contributed by atoms with Crippen LogP contribution in [0.3, 0.4) is 0 Å². The van der Waals surface area contributed by atoms with Crippen molar-refractivity contribution in [2.24, 2.45) is 0 Å². The van der Waals surface area contributed by atoms with Gasteiger partial charge < -0.3 is 9.31 Å². The van der Waals surface area contributed by atoms with Crippen molar-refractivity contribution in [2.45, 2.75) is 45.3 Å². The van der Waals surface area contributed by atoms with Crippen molar-refractivity contribution in [2.75, 3.05) is 0 Å². The van der Waals surface area contributed by atoms with Gasteiger partial charge in [0, 0.05) is 6.42 Å². The smallest absolute Gasteiger partial charge is 0.402 e. The molecule has 3 nitrogen and oxygen atoms in total. The van der Waals surface area contributed by atoms with E-state index in [1.807, 2.05) is 20.8 Å². The van der Waals surface area contributed by atoms with E-state index in [0.29, 0.717) is 6.42 Å². The molecule has 0 N–H and O–H groups in total. The summed E-state index contributed by atoms with van der Waals surface area (Å²) >= 11 is 0. The van der Waals surface area contributed by atoms with Crippen LogP contribution in [0, 0.1) is 0 Å². The van der Waals surface area contributed by atoms with E-state index in [9.17, 15) is 4.79 Å². The average Bonchev–Trinajstić information content (AvgIpc) is 2.58. The minimum Gasteiger partial charge on any atom is -0.402 e. The fourth-order valence-electron chi connectivity index (χ4n) is 1.72. The molecule has 1 atom stereocenters. The van der Waals surface area contributed by atoms with Gasteiger partial charge in [-0.05, 0) is 38.7 Å². The average molecular weight is 194 g/mol. The first-order chi connectivity index (χ1) is 6.49. The maximum absolute atomic E-state index is 11.1. The lowest BCUT2D eigenvalue weighted by atomic mass is 9.78. The lowest BCUT2D eigenvalue weighted by molar-refractivity contribution is -0.114. The lowest BCUT2D eigenvalue weighted by Crippen LogP contribution is -2.30. The van der Waals surface area contributed by atoms with E-state index in [1.165, 1.54) is 0 Å². The van der Waals surface area contributed by atoms with Crippen LogP contribution in [0.1, 0.15) is 33.6 Å². The van der Waals surface area contributed by atoms with Crippen LogP contribution in [0.25, 0.3) is 0 Å². The van der Waals surface area contributed by atoms with Gasteiger partial charge in [-0.3, -0.25) is 4.79 Å². The first-order valence-electron chi connectivity index (χ1n) is 5.05. The number of ketones is 1. The Bertz CT molecular complexity index is 296. The monoisotopic (exact) mass is 194 g/mol. The highest BCUT2D eigenvalue weighted by molar-refractivity contribution is 6.55. The molecular weight excluding hydrogens is 179 g/mol. The quantitative estimate of drug-likeness (QED) is 0.593. The fraction of sp³-hybridized carbons (Fsp3) is 0.700. The van der Waals surface area contributed by atoms with Gasteiger partial charge >= 0.3 is 7.12 Å². The van der Waals surface area contributed by atoms with Gasteiger partial charge in [0.05, 0.1) is 11.7 Å². The van der Waals surface area contributed by atoms with E-state index in [2.05, 4.69) is 0 Å². The molecule has 0 aromatic carbocycles. The highest BCUT2D eigenvalue weighted by atomic mass is 16.7. The van der Waals surface area contributed by atoms with Gasteiger partial charge in [-0.2, -0.15) is 0 Å². The van der Waals surface area contributed by atoms with Crippen LogP contribution in [-0.4, -0.2) is 24.6 Å². The summed E-state index contributed by atoms with van der Waals surface area (Å²) in [6.07, 6.45) is 3.13. The van der Waals surface area contributed by atoms with E-state index in [1.54, 1.807) is 6.08 Å². The first-order valence-corrected chi connectivity index (χ1v) is 5.05. The number of carbonyl (C=O) groups is 1. The molecular formula is C10H15BO3. The number of carbonyl (C=O) groups excluding carboxylic acids is 1. The van der Waals surface area contributed by atoms with Crippen molar-refractivity contribution in [3.63, 3.8) is 0 Å². The second-order valence-corrected chi connectivity index (χ2v) is 4.52. The van der Waals surface area contributed by atoms with E-state index in [0.717, 1.165) is 11.9 Å². The molecule has 0 aromatic rings. The van der Waals surface area contributed by atoms with Crippen LogP contribution in [-0.2, 0) is 14.1 Å². The Labute approximate surface area is 84.6 Å². The second kappa shape index (κ2) is 3.21. The van der Waals surface area contributed by atoms with E-state index in [-0.39, 0.29) is 24.6 Å². The molecule has 14 heavy (non-hydrogen) atoms. The first kappa shape index (κ1) is 9.93. The number of hydrogen-bond acceptors (Lipinski definition) is 3. The van der Waals surface area contributed by atoms with Crippen molar-refractivity contribution in [1.29, 1.82) is 0 Å². The Hall–Kier alpha value is -0.605. The largest absolute Gasteiger partial charge is 0.490 e. The predicted molar refractivity (Wildman–Crippen MR) is 53.8 cm³/mol. The molecule has 1 saturated heterocycles. The van der Waals surface area contributed by atoms with Crippen LogP contribution < -0.4 is 0 Å². The van der Waals surface area contributed by atoms with Gasteiger partial charge in [-0.15, -0.1) is 0 Å². The van der Waals surface area contributed by atoms with Crippen molar-refractivity contribution < 1.29 is 14.1 Å². The predicted octanol–water partition coefficient (Wildman–Crippen LogP) is 1.52. The van der Waals surface area contributed by atoms with Gasteiger partial charge in [-0.1, -0.05) is 0 Å². The molecule has 0 spiro atoms. The molecule has 1 unspecified atom stereocenters. The van der Waals surface area contributed by atoms with Crippen LogP contribution in [0.2, 0.25) is 0 Å². The highest BCUT2D eigenvalue weighted by Crippen LogP contribution is 2.32. The molecule has 0 saturated carbocycles. The van der Waals surface area contributed by atoms with Crippen LogP contribution >= 0.6 is 0 Å². The molecule has 2 aliphatic rings. The third kappa shape index (κ3) is 1.64. The number of allylic oxidation sites excluding steroid dienone is 2. The van der Waals surface area contributed by atoms with Crippen molar-refractivity contribution >= 4 is 12.9 Å². The molecule has 1 aliphatic heterocycles. The van der Waals surface area contributed by atoms with Crippen LogP contribution in [0.4, 0.5) is 0 Å². The minimum absolute atomic E-state index is 0.0732. The molecule has 0 bridgehead atoms. The summed E-state index contributed by atoms with van der Waals surface area (Å²) in [6, 6.07) is 0. The summed E-state index contributed by atoms with van der Waals surface area (Å²) in [7, 11) is -0.300. The summed E-state index contributed by atoms with van der Waals surface area (Å²) in [4.78, 5) is 11.1. The standard InChI is InChI=1S/C10H15BO3/c1-7-10(2,3)14-11(13-7)8-4-5-9(12)6-8/h6-7H,4-5H2,1-3H3. The van der Waals surface area contributed by atoms with Crippen molar-refractivity contribution in [3.8, 4) is 0 Å². The third-order valence-electron chi connectivity index (χ3n) is 3.03. The van der Waals surface area contributed by atoms with Crippen molar-refractivity contribution in [1.82, 2.24) is 0 Å². The van der Waals surface area contributed by atoms with Gasteiger partial charge in [-0.25, -0.2) is 0 Å². The molecule has 0 amide bonds. The van der Waals surface area contributed by atoms with Gasteiger partial charge in [0.25, 0.3) is 0 Å². The normalized spacial score (nSPS) is 31.1. The van der Waals surface area contributed by atoms with E-state index >= 15 is 0 Å². The third-order valence-corrected chi connectivity index (χ3v) is 3.03. The Morgan fingerprint density at radius 2 is 2.21 bits per heavy atom. The molecule has 1 aliphatic carbocycles. The molecule has 0 radical (unpaired) electrons. The molecule has 1 heterocycles. The summed E-state index contributed by atoms with van der Waals surface area (Å²) in [5.41, 5.74) is 0.740. The summed E-state index contributed by atoms with van der Waals surface area (Å²) in [6.45, 7) is 6.02. The maximum atomic E-state index is 11.1. The SMILES string of the molecule is CC1OB(C2=CC(=O)CC2)OC1(C)C.